The number of aromatic hydroxyl groups is 2. The molecule has 23 heavy (non-hydrogen) atoms. The number of aromatic carboxylic acids is 1. The Bertz CT molecular complexity index is 755. The van der Waals surface area contributed by atoms with Crippen molar-refractivity contribution in [2.45, 2.75) is 19.8 Å². The standard InChI is InChI=1S/C17H17NO5/c1-10-2-3-11(8-15(10)20)4-7-16(21)18-14-9-12(19)5-6-13(14)17(22)23/h2-3,5-6,8-9,19-20H,4,7H2,1H3,(H,18,21)(H,22,23). The summed E-state index contributed by atoms with van der Waals surface area (Å²) in [4.78, 5) is 23.1. The number of rotatable bonds is 5. The van der Waals surface area contributed by atoms with E-state index in [4.69, 9.17) is 5.11 Å². The predicted octanol–water partition coefficient (Wildman–Crippen LogP) is 2.68. The van der Waals surface area contributed by atoms with Crippen LogP contribution in [0.15, 0.2) is 36.4 Å². The SMILES string of the molecule is Cc1ccc(CCC(=O)Nc2cc(O)ccc2C(=O)O)cc1O. The van der Waals surface area contributed by atoms with Gasteiger partial charge in [-0.3, -0.25) is 4.79 Å². The maximum absolute atomic E-state index is 12.0. The Morgan fingerprint density at radius 3 is 2.48 bits per heavy atom. The van der Waals surface area contributed by atoms with Crippen LogP contribution in [0.3, 0.4) is 0 Å². The van der Waals surface area contributed by atoms with Crippen LogP contribution in [-0.2, 0) is 11.2 Å². The van der Waals surface area contributed by atoms with Gasteiger partial charge in [0, 0.05) is 12.5 Å². The Labute approximate surface area is 133 Å². The molecule has 2 rings (SSSR count). The van der Waals surface area contributed by atoms with Crippen LogP contribution in [0.5, 0.6) is 11.5 Å². The van der Waals surface area contributed by atoms with E-state index in [-0.39, 0.29) is 35.1 Å². The summed E-state index contributed by atoms with van der Waals surface area (Å²) >= 11 is 0. The van der Waals surface area contributed by atoms with Crippen LogP contribution in [0.1, 0.15) is 27.9 Å². The molecule has 0 unspecified atom stereocenters. The zero-order valence-electron chi connectivity index (χ0n) is 12.5. The average molecular weight is 315 g/mol. The Morgan fingerprint density at radius 1 is 1.09 bits per heavy atom. The number of carboxylic acids is 1. The number of carboxylic acid groups (broad SMARTS) is 1. The van der Waals surface area contributed by atoms with Gasteiger partial charge >= 0.3 is 5.97 Å². The molecule has 2 aromatic carbocycles. The molecule has 1 amide bonds. The molecule has 0 aliphatic carbocycles. The molecule has 0 atom stereocenters. The van der Waals surface area contributed by atoms with Crippen LogP contribution in [0, 0.1) is 6.92 Å². The number of aryl methyl sites for hydroxylation is 2. The van der Waals surface area contributed by atoms with E-state index >= 15 is 0 Å². The number of anilines is 1. The van der Waals surface area contributed by atoms with Crippen molar-refractivity contribution in [2.24, 2.45) is 0 Å². The van der Waals surface area contributed by atoms with Gasteiger partial charge in [-0.1, -0.05) is 12.1 Å². The minimum absolute atomic E-state index is 0.0502. The number of carbonyl (C=O) groups is 2. The van der Waals surface area contributed by atoms with E-state index < -0.39 is 5.97 Å². The fourth-order valence-electron chi connectivity index (χ4n) is 2.10. The molecule has 0 spiro atoms. The quantitative estimate of drug-likeness (QED) is 0.678. The first-order chi connectivity index (χ1) is 10.9. The van der Waals surface area contributed by atoms with Crippen LogP contribution >= 0.6 is 0 Å². The highest BCUT2D eigenvalue weighted by atomic mass is 16.4. The summed E-state index contributed by atoms with van der Waals surface area (Å²) in [6.07, 6.45) is 0.526. The summed E-state index contributed by atoms with van der Waals surface area (Å²) < 4.78 is 0. The summed E-state index contributed by atoms with van der Waals surface area (Å²) in [5.74, 6) is -1.53. The van der Waals surface area contributed by atoms with Gasteiger partial charge in [-0.05, 0) is 42.7 Å². The van der Waals surface area contributed by atoms with Gasteiger partial charge in [0.25, 0.3) is 0 Å². The van der Waals surface area contributed by atoms with Crippen LogP contribution in [0.2, 0.25) is 0 Å². The number of hydrogen-bond acceptors (Lipinski definition) is 4. The first-order valence-electron chi connectivity index (χ1n) is 7.01. The van der Waals surface area contributed by atoms with E-state index in [2.05, 4.69) is 5.32 Å². The second-order valence-electron chi connectivity index (χ2n) is 5.20. The molecule has 2 aromatic rings. The molecule has 0 saturated heterocycles. The van der Waals surface area contributed by atoms with Crippen molar-refractivity contribution in [2.75, 3.05) is 5.32 Å². The number of carbonyl (C=O) groups excluding carboxylic acids is 1. The minimum atomic E-state index is -1.19. The lowest BCUT2D eigenvalue weighted by Gasteiger charge is -2.09. The predicted molar refractivity (Wildman–Crippen MR) is 84.9 cm³/mol. The van der Waals surface area contributed by atoms with Gasteiger partial charge in [0.15, 0.2) is 0 Å². The molecule has 0 heterocycles. The first kappa shape index (κ1) is 16.4. The van der Waals surface area contributed by atoms with E-state index in [1.807, 2.05) is 6.07 Å². The zero-order valence-corrected chi connectivity index (χ0v) is 12.5. The lowest BCUT2D eigenvalue weighted by atomic mass is 10.1. The molecular weight excluding hydrogens is 298 g/mol. The molecule has 0 saturated carbocycles. The number of nitrogens with one attached hydrogen (secondary N) is 1. The van der Waals surface area contributed by atoms with Gasteiger partial charge in [0.1, 0.15) is 11.5 Å². The monoisotopic (exact) mass is 315 g/mol. The fourth-order valence-corrected chi connectivity index (χ4v) is 2.10. The van der Waals surface area contributed by atoms with E-state index in [1.54, 1.807) is 19.1 Å². The smallest absolute Gasteiger partial charge is 0.337 e. The van der Waals surface area contributed by atoms with Crippen molar-refractivity contribution in [3.8, 4) is 11.5 Å². The van der Waals surface area contributed by atoms with E-state index in [1.165, 1.54) is 18.2 Å². The molecule has 6 nitrogen and oxygen atoms in total. The van der Waals surface area contributed by atoms with E-state index in [9.17, 15) is 19.8 Å². The van der Waals surface area contributed by atoms with Crippen LogP contribution in [0.4, 0.5) is 5.69 Å². The molecule has 0 radical (unpaired) electrons. The molecule has 120 valence electrons. The lowest BCUT2D eigenvalue weighted by molar-refractivity contribution is -0.116. The highest BCUT2D eigenvalue weighted by molar-refractivity contribution is 6.00. The Hall–Kier alpha value is -3.02. The Kier molecular flexibility index (Phi) is 4.85. The molecule has 6 heteroatoms. The van der Waals surface area contributed by atoms with Crippen molar-refractivity contribution in [1.82, 2.24) is 0 Å². The highest BCUT2D eigenvalue weighted by Gasteiger charge is 2.13. The van der Waals surface area contributed by atoms with Crippen LogP contribution < -0.4 is 5.32 Å². The zero-order chi connectivity index (χ0) is 17.0. The average Bonchev–Trinajstić information content (AvgIpc) is 2.48. The van der Waals surface area contributed by atoms with Crippen molar-refractivity contribution < 1.29 is 24.9 Å². The second kappa shape index (κ2) is 6.83. The summed E-state index contributed by atoms with van der Waals surface area (Å²) in [5.41, 5.74) is 1.51. The third kappa shape index (κ3) is 4.23. The highest BCUT2D eigenvalue weighted by Crippen LogP contribution is 2.22. The molecule has 4 N–H and O–H groups in total. The van der Waals surface area contributed by atoms with Crippen molar-refractivity contribution in [3.05, 3.63) is 53.1 Å². The fraction of sp³-hybridized carbons (Fsp3) is 0.176. The maximum atomic E-state index is 12.0. The van der Waals surface area contributed by atoms with Crippen molar-refractivity contribution in [1.29, 1.82) is 0 Å². The first-order valence-corrected chi connectivity index (χ1v) is 7.01. The molecule has 0 bridgehead atoms. The van der Waals surface area contributed by atoms with Crippen LogP contribution in [0.25, 0.3) is 0 Å². The number of benzene rings is 2. The van der Waals surface area contributed by atoms with Gasteiger partial charge in [0.05, 0.1) is 11.3 Å². The van der Waals surface area contributed by atoms with Crippen molar-refractivity contribution >= 4 is 17.6 Å². The van der Waals surface area contributed by atoms with Gasteiger partial charge in [0.2, 0.25) is 5.91 Å². The molecule has 0 aliphatic rings. The normalized spacial score (nSPS) is 10.3. The Balaban J connectivity index is 2.03. The summed E-state index contributed by atoms with van der Waals surface area (Å²) in [5, 5.41) is 30.6. The maximum Gasteiger partial charge on any atom is 0.337 e. The van der Waals surface area contributed by atoms with Gasteiger partial charge in [-0.25, -0.2) is 4.79 Å². The Morgan fingerprint density at radius 2 is 1.83 bits per heavy atom. The van der Waals surface area contributed by atoms with Gasteiger partial charge in [-0.15, -0.1) is 0 Å². The third-order valence-electron chi connectivity index (χ3n) is 3.42. The third-order valence-corrected chi connectivity index (χ3v) is 3.42. The molecule has 0 fully saturated rings. The number of amides is 1. The van der Waals surface area contributed by atoms with Gasteiger partial charge in [-0.2, -0.15) is 0 Å². The summed E-state index contributed by atoms with van der Waals surface area (Å²) in [6.45, 7) is 1.78. The number of hydrogen-bond donors (Lipinski definition) is 4. The number of phenolic OH excluding ortho intramolecular Hbond substituents is 2. The molecule has 0 aliphatic heterocycles. The van der Waals surface area contributed by atoms with E-state index in [0.717, 1.165) is 11.1 Å². The van der Waals surface area contributed by atoms with Crippen LogP contribution in [-0.4, -0.2) is 27.2 Å². The van der Waals surface area contributed by atoms with Gasteiger partial charge < -0.3 is 20.6 Å². The molecule has 0 aromatic heterocycles. The lowest BCUT2D eigenvalue weighted by Crippen LogP contribution is -2.15. The van der Waals surface area contributed by atoms with Crippen molar-refractivity contribution in [3.63, 3.8) is 0 Å². The largest absolute Gasteiger partial charge is 0.508 e. The topological polar surface area (TPSA) is 107 Å². The minimum Gasteiger partial charge on any atom is -0.508 e. The molecular formula is C17H17NO5. The summed E-state index contributed by atoms with van der Waals surface area (Å²) in [6, 6.07) is 8.85. The van der Waals surface area contributed by atoms with E-state index in [0.29, 0.717) is 6.42 Å². The summed E-state index contributed by atoms with van der Waals surface area (Å²) in [7, 11) is 0. The second-order valence-corrected chi connectivity index (χ2v) is 5.20. The number of phenols is 2.